The molecule has 2 rings (SSSR count). The lowest BCUT2D eigenvalue weighted by molar-refractivity contribution is -0.00515. The Morgan fingerprint density at radius 2 is 2.36 bits per heavy atom. The molecule has 14 heavy (non-hydrogen) atoms. The average molecular weight is 193 g/mol. The molecular weight excluding hydrogens is 178 g/mol. The summed E-state index contributed by atoms with van der Waals surface area (Å²) in [4.78, 5) is 0. The Kier molecular flexibility index (Phi) is 2.21. The molecule has 0 saturated carbocycles. The first-order chi connectivity index (χ1) is 6.73. The van der Waals surface area contributed by atoms with Crippen LogP contribution < -0.4 is 5.73 Å². The Labute approximate surface area is 83.5 Å². The fraction of sp³-hybridized carbons (Fsp3) is 0.455. The molecule has 3 N–H and O–H groups in total. The van der Waals surface area contributed by atoms with Crippen molar-refractivity contribution < 1.29 is 9.84 Å². The minimum absolute atomic E-state index is 0.356. The summed E-state index contributed by atoms with van der Waals surface area (Å²) in [5.41, 5.74) is 7.39. The van der Waals surface area contributed by atoms with Crippen LogP contribution in [0.4, 0.5) is 0 Å². The van der Waals surface area contributed by atoms with Crippen LogP contribution in [0.5, 0.6) is 5.75 Å². The van der Waals surface area contributed by atoms with Gasteiger partial charge in [-0.15, -0.1) is 0 Å². The second-order valence-corrected chi connectivity index (χ2v) is 3.71. The third kappa shape index (κ3) is 1.13. The van der Waals surface area contributed by atoms with Gasteiger partial charge in [-0.25, -0.2) is 0 Å². The first-order valence-electron chi connectivity index (χ1n) is 4.80. The van der Waals surface area contributed by atoms with Crippen LogP contribution in [-0.4, -0.2) is 18.8 Å². The maximum atomic E-state index is 9.66. The summed E-state index contributed by atoms with van der Waals surface area (Å²) in [7, 11) is 1.67. The van der Waals surface area contributed by atoms with Gasteiger partial charge in [0.25, 0.3) is 0 Å². The zero-order valence-electron chi connectivity index (χ0n) is 8.29. The van der Waals surface area contributed by atoms with E-state index < -0.39 is 0 Å². The van der Waals surface area contributed by atoms with Gasteiger partial charge < -0.3 is 15.6 Å². The van der Waals surface area contributed by atoms with Gasteiger partial charge in [-0.05, 0) is 24.5 Å². The van der Waals surface area contributed by atoms with Crippen molar-refractivity contribution in [1.29, 1.82) is 0 Å². The van der Waals surface area contributed by atoms with Crippen LogP contribution in [0.15, 0.2) is 18.2 Å². The second-order valence-electron chi connectivity index (χ2n) is 3.71. The van der Waals surface area contributed by atoms with E-state index in [-0.39, 0.29) is 5.60 Å². The Balaban J connectivity index is 2.53. The Hall–Kier alpha value is -1.06. The summed E-state index contributed by atoms with van der Waals surface area (Å²) in [6.45, 7) is 0.458. The van der Waals surface area contributed by atoms with E-state index >= 15 is 0 Å². The predicted octanol–water partition coefficient (Wildman–Crippen LogP) is 1.14. The smallest absolute Gasteiger partial charge is 0.119 e. The molecule has 3 heteroatoms. The fourth-order valence-corrected chi connectivity index (χ4v) is 2.23. The minimum atomic E-state index is -0.381. The van der Waals surface area contributed by atoms with E-state index in [1.54, 1.807) is 13.2 Å². The van der Waals surface area contributed by atoms with Crippen molar-refractivity contribution in [3.05, 3.63) is 29.3 Å². The molecule has 1 aromatic rings. The van der Waals surface area contributed by atoms with E-state index in [1.807, 2.05) is 12.1 Å². The van der Waals surface area contributed by atoms with Crippen LogP contribution in [0, 0.1) is 0 Å². The largest absolute Gasteiger partial charge is 0.508 e. The lowest BCUT2D eigenvalue weighted by Gasteiger charge is -2.27. The molecule has 0 aliphatic heterocycles. The molecule has 1 aliphatic rings. The van der Waals surface area contributed by atoms with E-state index in [9.17, 15) is 5.11 Å². The third-order valence-electron chi connectivity index (χ3n) is 3.14. The molecule has 1 aliphatic carbocycles. The molecule has 0 aromatic heterocycles. The fourth-order valence-electron chi connectivity index (χ4n) is 2.23. The van der Waals surface area contributed by atoms with E-state index in [0.717, 1.165) is 24.0 Å². The maximum absolute atomic E-state index is 9.66. The SMILES string of the molecule is COC1(CN)CCc2c(O)cccc21. The van der Waals surface area contributed by atoms with Gasteiger partial charge in [-0.3, -0.25) is 0 Å². The van der Waals surface area contributed by atoms with E-state index in [1.165, 1.54) is 0 Å². The molecule has 76 valence electrons. The molecular formula is C11H15NO2. The van der Waals surface area contributed by atoms with Gasteiger partial charge in [0.15, 0.2) is 0 Å². The number of hydrogen-bond acceptors (Lipinski definition) is 3. The number of benzene rings is 1. The van der Waals surface area contributed by atoms with Crippen LogP contribution >= 0.6 is 0 Å². The lowest BCUT2D eigenvalue weighted by Crippen LogP contribution is -2.34. The summed E-state index contributed by atoms with van der Waals surface area (Å²) in [5, 5.41) is 9.66. The molecule has 0 amide bonds. The summed E-state index contributed by atoms with van der Waals surface area (Å²) in [6.07, 6.45) is 1.69. The first-order valence-corrected chi connectivity index (χ1v) is 4.80. The quantitative estimate of drug-likeness (QED) is 0.740. The predicted molar refractivity (Wildman–Crippen MR) is 54.2 cm³/mol. The molecule has 0 heterocycles. The lowest BCUT2D eigenvalue weighted by atomic mass is 9.96. The first kappa shape index (κ1) is 9.49. The van der Waals surface area contributed by atoms with Crippen molar-refractivity contribution in [2.75, 3.05) is 13.7 Å². The summed E-state index contributed by atoms with van der Waals surface area (Å²) in [6, 6.07) is 5.53. The molecule has 1 aromatic carbocycles. The number of methoxy groups -OCH3 is 1. The minimum Gasteiger partial charge on any atom is -0.508 e. The number of ether oxygens (including phenoxy) is 1. The molecule has 0 spiro atoms. The number of fused-ring (bicyclic) bond motifs is 1. The highest BCUT2D eigenvalue weighted by atomic mass is 16.5. The zero-order chi connectivity index (χ0) is 10.2. The van der Waals surface area contributed by atoms with Gasteiger partial charge in [-0.1, -0.05) is 12.1 Å². The van der Waals surface area contributed by atoms with Crippen molar-refractivity contribution in [3.63, 3.8) is 0 Å². The van der Waals surface area contributed by atoms with Crippen LogP contribution in [0.1, 0.15) is 17.5 Å². The maximum Gasteiger partial charge on any atom is 0.119 e. The number of phenolic OH excluding ortho intramolecular Hbond substituents is 1. The number of rotatable bonds is 2. The van der Waals surface area contributed by atoms with Gasteiger partial charge in [-0.2, -0.15) is 0 Å². The topological polar surface area (TPSA) is 55.5 Å². The van der Waals surface area contributed by atoms with Crippen LogP contribution in [0.2, 0.25) is 0 Å². The van der Waals surface area contributed by atoms with Crippen LogP contribution in [0.25, 0.3) is 0 Å². The van der Waals surface area contributed by atoms with E-state index in [0.29, 0.717) is 12.3 Å². The van der Waals surface area contributed by atoms with Crippen molar-refractivity contribution in [2.45, 2.75) is 18.4 Å². The van der Waals surface area contributed by atoms with Crippen molar-refractivity contribution >= 4 is 0 Å². The van der Waals surface area contributed by atoms with Crippen molar-refractivity contribution in [1.82, 2.24) is 0 Å². The molecule has 1 atom stereocenters. The Bertz CT molecular complexity index is 345. The highest BCUT2D eigenvalue weighted by Gasteiger charge is 2.38. The average Bonchev–Trinajstić information content (AvgIpc) is 2.59. The molecule has 0 saturated heterocycles. The number of nitrogens with two attached hydrogens (primary N) is 1. The second kappa shape index (κ2) is 3.26. The number of hydrogen-bond donors (Lipinski definition) is 2. The molecule has 0 bridgehead atoms. The molecule has 0 radical (unpaired) electrons. The number of aromatic hydroxyl groups is 1. The molecule has 0 fully saturated rings. The van der Waals surface area contributed by atoms with Crippen molar-refractivity contribution in [3.8, 4) is 5.75 Å². The zero-order valence-corrected chi connectivity index (χ0v) is 8.29. The van der Waals surface area contributed by atoms with E-state index in [2.05, 4.69) is 0 Å². The van der Waals surface area contributed by atoms with Gasteiger partial charge >= 0.3 is 0 Å². The van der Waals surface area contributed by atoms with Crippen LogP contribution in [0.3, 0.4) is 0 Å². The van der Waals surface area contributed by atoms with Gasteiger partial charge in [0.2, 0.25) is 0 Å². The van der Waals surface area contributed by atoms with Crippen molar-refractivity contribution in [2.24, 2.45) is 5.73 Å². The highest BCUT2D eigenvalue weighted by Crippen LogP contribution is 2.42. The molecule has 3 nitrogen and oxygen atoms in total. The highest BCUT2D eigenvalue weighted by molar-refractivity contribution is 5.46. The monoisotopic (exact) mass is 193 g/mol. The summed E-state index contributed by atoms with van der Waals surface area (Å²) < 4.78 is 5.49. The Morgan fingerprint density at radius 1 is 1.57 bits per heavy atom. The van der Waals surface area contributed by atoms with Crippen LogP contribution in [-0.2, 0) is 16.8 Å². The van der Waals surface area contributed by atoms with Gasteiger partial charge in [0.05, 0.1) is 0 Å². The normalized spacial score (nSPS) is 25.0. The standard InChI is InChI=1S/C11H15NO2/c1-14-11(7-12)6-5-8-9(11)3-2-4-10(8)13/h2-4,13H,5-7,12H2,1H3. The van der Waals surface area contributed by atoms with Gasteiger partial charge in [0.1, 0.15) is 11.4 Å². The van der Waals surface area contributed by atoms with E-state index in [4.69, 9.17) is 10.5 Å². The number of phenols is 1. The Morgan fingerprint density at radius 3 is 3.00 bits per heavy atom. The summed E-state index contributed by atoms with van der Waals surface area (Å²) in [5.74, 6) is 0.356. The van der Waals surface area contributed by atoms with Gasteiger partial charge in [0, 0.05) is 19.2 Å². The molecule has 1 unspecified atom stereocenters. The summed E-state index contributed by atoms with van der Waals surface area (Å²) >= 11 is 0. The third-order valence-corrected chi connectivity index (χ3v) is 3.14.